The molecule has 0 radical (unpaired) electrons. The summed E-state index contributed by atoms with van der Waals surface area (Å²) >= 11 is 0. The molecule has 3 rings (SSSR count). The number of hydrogen-bond acceptors (Lipinski definition) is 1. The maximum Gasteiger partial charge on any atom is 0.320 e. The first kappa shape index (κ1) is 18.5. The van der Waals surface area contributed by atoms with Gasteiger partial charge in [0.15, 0.2) is 0 Å². The second kappa shape index (κ2) is 8.42. The van der Waals surface area contributed by atoms with Crippen molar-refractivity contribution in [3.05, 3.63) is 25.3 Å². The van der Waals surface area contributed by atoms with E-state index in [9.17, 15) is 4.79 Å². The Labute approximate surface area is 154 Å². The Balaban J connectivity index is 1.86. The molecule has 3 fully saturated rings. The van der Waals surface area contributed by atoms with Crippen LogP contribution in [0.2, 0.25) is 0 Å². The van der Waals surface area contributed by atoms with Gasteiger partial charge in [0.25, 0.3) is 0 Å². The van der Waals surface area contributed by atoms with Crippen molar-refractivity contribution < 1.29 is 4.79 Å². The molecule has 25 heavy (non-hydrogen) atoms. The molecule has 0 aromatic carbocycles. The molecule has 0 unspecified atom stereocenters. The summed E-state index contributed by atoms with van der Waals surface area (Å²) in [5, 5.41) is 0. The fourth-order valence-corrected chi connectivity index (χ4v) is 5.38. The van der Waals surface area contributed by atoms with Crippen LogP contribution in [-0.4, -0.2) is 41.0 Å². The van der Waals surface area contributed by atoms with Crippen molar-refractivity contribution in [1.82, 2.24) is 9.80 Å². The predicted octanol–water partition coefficient (Wildman–Crippen LogP) is 5.53. The van der Waals surface area contributed by atoms with E-state index in [1.54, 1.807) is 0 Å². The molecule has 3 nitrogen and oxygen atoms in total. The molecular formula is C22H36N2O. The van der Waals surface area contributed by atoms with Gasteiger partial charge >= 0.3 is 6.03 Å². The third kappa shape index (κ3) is 4.12. The highest BCUT2D eigenvalue weighted by Gasteiger charge is 2.45. The van der Waals surface area contributed by atoms with E-state index in [0.29, 0.717) is 18.1 Å². The van der Waals surface area contributed by atoms with Crippen LogP contribution in [0.15, 0.2) is 25.3 Å². The van der Waals surface area contributed by atoms with Crippen LogP contribution >= 0.6 is 0 Å². The van der Waals surface area contributed by atoms with E-state index < -0.39 is 0 Å². The molecule has 2 aliphatic carbocycles. The minimum Gasteiger partial charge on any atom is -0.321 e. The number of rotatable bonds is 6. The predicted molar refractivity (Wildman–Crippen MR) is 105 cm³/mol. The third-order valence-corrected chi connectivity index (χ3v) is 6.69. The Hall–Kier alpha value is -1.25. The first-order valence-corrected chi connectivity index (χ1v) is 10.5. The molecule has 0 bridgehead atoms. The van der Waals surface area contributed by atoms with Gasteiger partial charge in [0.05, 0.1) is 0 Å². The van der Waals surface area contributed by atoms with Crippen LogP contribution in [0, 0.1) is 5.41 Å². The lowest BCUT2D eigenvalue weighted by atomic mass is 9.76. The third-order valence-electron chi connectivity index (χ3n) is 6.69. The number of hydrogen-bond donors (Lipinski definition) is 0. The van der Waals surface area contributed by atoms with Crippen molar-refractivity contribution in [3.8, 4) is 0 Å². The van der Waals surface area contributed by atoms with Crippen LogP contribution in [0.3, 0.4) is 0 Å². The molecule has 0 aromatic rings. The summed E-state index contributed by atoms with van der Waals surface area (Å²) in [6.45, 7) is 9.81. The van der Waals surface area contributed by atoms with Crippen LogP contribution in [0.5, 0.6) is 0 Å². The van der Waals surface area contributed by atoms with Crippen LogP contribution in [0.4, 0.5) is 4.79 Å². The summed E-state index contributed by atoms with van der Waals surface area (Å²) < 4.78 is 0. The van der Waals surface area contributed by atoms with E-state index in [1.807, 2.05) is 0 Å². The van der Waals surface area contributed by atoms with Gasteiger partial charge in [-0.15, -0.1) is 13.2 Å². The second-order valence-corrected chi connectivity index (χ2v) is 8.61. The Morgan fingerprint density at radius 2 is 1.20 bits per heavy atom. The topological polar surface area (TPSA) is 23.6 Å². The molecule has 0 atom stereocenters. The van der Waals surface area contributed by atoms with E-state index in [4.69, 9.17) is 0 Å². The number of amides is 2. The molecule has 0 N–H and O–H groups in total. The Morgan fingerprint density at radius 1 is 0.800 bits per heavy atom. The van der Waals surface area contributed by atoms with Gasteiger partial charge in [0, 0.05) is 30.6 Å². The van der Waals surface area contributed by atoms with E-state index in [2.05, 4.69) is 35.1 Å². The van der Waals surface area contributed by atoms with Crippen molar-refractivity contribution in [2.75, 3.05) is 13.1 Å². The molecule has 1 saturated heterocycles. The van der Waals surface area contributed by atoms with Gasteiger partial charge in [-0.2, -0.15) is 0 Å². The molecule has 3 aliphatic rings. The zero-order chi connectivity index (χ0) is 17.7. The standard InChI is InChI=1S/C22H36N2O/c1-3-15-22(16-4-2)17-23(19-11-7-5-8-12-19)21(25)24(18-22)20-13-9-6-10-14-20/h3-4,19-20H,1-2,5-18H2. The van der Waals surface area contributed by atoms with Gasteiger partial charge in [-0.05, 0) is 38.5 Å². The largest absolute Gasteiger partial charge is 0.321 e. The molecule has 2 amide bonds. The quantitative estimate of drug-likeness (QED) is 0.581. The molecule has 140 valence electrons. The normalized spacial score (nSPS) is 25.8. The number of nitrogens with zero attached hydrogens (tertiary/aromatic N) is 2. The first-order chi connectivity index (χ1) is 12.2. The maximum atomic E-state index is 13.4. The highest BCUT2D eigenvalue weighted by atomic mass is 16.2. The van der Waals surface area contributed by atoms with E-state index in [0.717, 1.165) is 25.9 Å². The van der Waals surface area contributed by atoms with Crippen molar-refractivity contribution in [3.63, 3.8) is 0 Å². The summed E-state index contributed by atoms with van der Waals surface area (Å²) in [5.74, 6) is 0. The van der Waals surface area contributed by atoms with E-state index >= 15 is 0 Å². The molecule has 3 heteroatoms. The van der Waals surface area contributed by atoms with Crippen molar-refractivity contribution in [2.45, 2.75) is 89.1 Å². The summed E-state index contributed by atoms with van der Waals surface area (Å²) in [4.78, 5) is 17.9. The Kier molecular flexibility index (Phi) is 6.24. The average Bonchev–Trinajstić information content (AvgIpc) is 2.65. The molecule has 1 heterocycles. The molecular weight excluding hydrogens is 308 g/mol. The van der Waals surface area contributed by atoms with Crippen LogP contribution < -0.4 is 0 Å². The van der Waals surface area contributed by atoms with Crippen LogP contribution in [-0.2, 0) is 0 Å². The van der Waals surface area contributed by atoms with E-state index in [1.165, 1.54) is 64.2 Å². The van der Waals surface area contributed by atoms with Crippen LogP contribution in [0.25, 0.3) is 0 Å². The van der Waals surface area contributed by atoms with Gasteiger partial charge in [-0.25, -0.2) is 4.79 Å². The zero-order valence-corrected chi connectivity index (χ0v) is 15.9. The molecule has 2 saturated carbocycles. The van der Waals surface area contributed by atoms with Gasteiger partial charge < -0.3 is 9.80 Å². The lowest BCUT2D eigenvalue weighted by molar-refractivity contribution is 0.00606. The Morgan fingerprint density at radius 3 is 1.56 bits per heavy atom. The fourth-order valence-electron chi connectivity index (χ4n) is 5.38. The average molecular weight is 345 g/mol. The summed E-state index contributed by atoms with van der Waals surface area (Å²) in [5.41, 5.74) is 0.103. The highest BCUT2D eigenvalue weighted by molar-refractivity contribution is 5.76. The van der Waals surface area contributed by atoms with Crippen molar-refractivity contribution in [1.29, 1.82) is 0 Å². The highest BCUT2D eigenvalue weighted by Crippen LogP contribution is 2.39. The minimum absolute atomic E-state index is 0.103. The molecule has 0 aromatic heterocycles. The lowest BCUT2D eigenvalue weighted by Crippen LogP contribution is -2.63. The Bertz CT molecular complexity index is 432. The molecule has 1 aliphatic heterocycles. The summed E-state index contributed by atoms with van der Waals surface area (Å²) in [6.07, 6.45) is 18.5. The van der Waals surface area contributed by atoms with E-state index in [-0.39, 0.29) is 5.41 Å². The van der Waals surface area contributed by atoms with Crippen molar-refractivity contribution in [2.24, 2.45) is 5.41 Å². The van der Waals surface area contributed by atoms with Gasteiger partial charge in [-0.3, -0.25) is 0 Å². The van der Waals surface area contributed by atoms with Gasteiger partial charge in [0.2, 0.25) is 0 Å². The number of allylic oxidation sites excluding steroid dienone is 2. The summed E-state index contributed by atoms with van der Waals surface area (Å²) in [7, 11) is 0. The maximum absolute atomic E-state index is 13.4. The number of carbonyl (C=O) groups is 1. The SMILES string of the molecule is C=CCC1(CC=C)CN(C2CCCCC2)C(=O)N(C2CCCCC2)C1. The zero-order valence-electron chi connectivity index (χ0n) is 15.9. The second-order valence-electron chi connectivity index (χ2n) is 8.61. The number of urea groups is 1. The molecule has 0 spiro atoms. The van der Waals surface area contributed by atoms with Gasteiger partial charge in [0.1, 0.15) is 0 Å². The van der Waals surface area contributed by atoms with Crippen LogP contribution in [0.1, 0.15) is 77.0 Å². The first-order valence-electron chi connectivity index (χ1n) is 10.5. The minimum atomic E-state index is 0.103. The van der Waals surface area contributed by atoms with Gasteiger partial charge in [-0.1, -0.05) is 50.7 Å². The van der Waals surface area contributed by atoms with Crippen molar-refractivity contribution >= 4 is 6.03 Å². The smallest absolute Gasteiger partial charge is 0.320 e. The monoisotopic (exact) mass is 344 g/mol. The number of carbonyl (C=O) groups excluding carboxylic acids is 1. The summed E-state index contributed by atoms with van der Waals surface area (Å²) in [6, 6.07) is 1.21. The fraction of sp³-hybridized carbons (Fsp3) is 0.773. The lowest BCUT2D eigenvalue weighted by Gasteiger charge is -2.53.